The topological polar surface area (TPSA) is 96.0 Å². The molecule has 0 spiro atoms. The highest BCUT2D eigenvalue weighted by molar-refractivity contribution is 7.92. The van der Waals surface area contributed by atoms with Crippen LogP contribution in [0.15, 0.2) is 77.7 Å². The number of nitrogens with one attached hydrogen (secondary N) is 1. The molecular formula is C30H36ClN3O5S. The Kier molecular flexibility index (Phi) is 10.6. The van der Waals surface area contributed by atoms with E-state index in [9.17, 15) is 18.0 Å². The molecule has 0 aliphatic carbocycles. The van der Waals surface area contributed by atoms with E-state index in [4.69, 9.17) is 16.3 Å². The largest absolute Gasteiger partial charge is 0.494 e. The van der Waals surface area contributed by atoms with E-state index in [1.54, 1.807) is 67.6 Å². The van der Waals surface area contributed by atoms with E-state index in [0.717, 1.165) is 9.87 Å². The molecule has 40 heavy (non-hydrogen) atoms. The first-order chi connectivity index (χ1) is 18.9. The molecule has 8 nitrogen and oxygen atoms in total. The Morgan fingerprint density at radius 2 is 1.62 bits per heavy atom. The Balaban J connectivity index is 2.02. The third-order valence-electron chi connectivity index (χ3n) is 6.16. The van der Waals surface area contributed by atoms with Gasteiger partial charge in [-0.2, -0.15) is 0 Å². The zero-order valence-corrected chi connectivity index (χ0v) is 25.0. The number of amides is 2. The summed E-state index contributed by atoms with van der Waals surface area (Å²) in [6, 6.07) is 18.9. The molecule has 0 fully saturated rings. The fraction of sp³-hybridized carbons (Fsp3) is 0.333. The van der Waals surface area contributed by atoms with Gasteiger partial charge >= 0.3 is 0 Å². The van der Waals surface area contributed by atoms with Crippen LogP contribution < -0.4 is 14.4 Å². The number of nitrogens with zero attached hydrogens (tertiary/aromatic N) is 2. The first-order valence-electron chi connectivity index (χ1n) is 13.1. The highest BCUT2D eigenvalue weighted by Crippen LogP contribution is 2.26. The van der Waals surface area contributed by atoms with Crippen LogP contribution in [0.1, 0.15) is 38.8 Å². The number of benzene rings is 3. The van der Waals surface area contributed by atoms with Crippen molar-refractivity contribution in [2.45, 2.75) is 58.1 Å². The van der Waals surface area contributed by atoms with Crippen molar-refractivity contribution in [1.82, 2.24) is 10.2 Å². The average Bonchev–Trinajstić information content (AvgIpc) is 2.90. The molecule has 1 unspecified atom stereocenters. The van der Waals surface area contributed by atoms with Gasteiger partial charge < -0.3 is 15.0 Å². The highest BCUT2D eigenvalue weighted by Gasteiger charge is 2.32. The minimum Gasteiger partial charge on any atom is -0.494 e. The number of ether oxygens (including phenoxy) is 1. The highest BCUT2D eigenvalue weighted by atomic mass is 35.5. The Hall–Kier alpha value is -3.56. The molecule has 1 N–H and O–H groups in total. The summed E-state index contributed by atoms with van der Waals surface area (Å²) in [5, 5.41) is 3.32. The van der Waals surface area contributed by atoms with Gasteiger partial charge in [0, 0.05) is 17.6 Å². The van der Waals surface area contributed by atoms with Crippen LogP contribution in [-0.2, 0) is 26.2 Å². The quantitative estimate of drug-likeness (QED) is 0.316. The van der Waals surface area contributed by atoms with Crippen LogP contribution in [0.2, 0.25) is 5.02 Å². The summed E-state index contributed by atoms with van der Waals surface area (Å²) >= 11 is 6.18. The van der Waals surface area contributed by atoms with E-state index in [0.29, 0.717) is 28.6 Å². The molecule has 0 aliphatic rings. The normalized spacial score (nSPS) is 12.1. The number of aryl methyl sites for hydroxylation is 1. The molecule has 2 amide bonds. The van der Waals surface area contributed by atoms with E-state index >= 15 is 0 Å². The van der Waals surface area contributed by atoms with Crippen molar-refractivity contribution in [3.05, 3.63) is 88.9 Å². The number of anilines is 1. The predicted molar refractivity (Wildman–Crippen MR) is 158 cm³/mol. The second-order valence-corrected chi connectivity index (χ2v) is 12.0. The second kappa shape index (κ2) is 13.7. The summed E-state index contributed by atoms with van der Waals surface area (Å²) in [5.74, 6) is -0.347. The molecular weight excluding hydrogens is 550 g/mol. The summed E-state index contributed by atoms with van der Waals surface area (Å²) in [4.78, 5) is 28.3. The van der Waals surface area contributed by atoms with E-state index in [1.807, 2.05) is 27.7 Å². The fourth-order valence-electron chi connectivity index (χ4n) is 4.06. The Morgan fingerprint density at radius 1 is 0.975 bits per heavy atom. The van der Waals surface area contributed by atoms with Gasteiger partial charge in [0.1, 0.15) is 18.3 Å². The SMILES string of the molecule is CCOc1ccc(S(=O)(=O)N(CC(=O)N(Cc2cccc(Cl)c2)C(C)C(=O)NC(C)C)c2ccc(C)cc2)cc1. The lowest BCUT2D eigenvalue weighted by Crippen LogP contribution is -2.52. The van der Waals surface area contributed by atoms with E-state index < -0.39 is 28.5 Å². The summed E-state index contributed by atoms with van der Waals surface area (Å²) < 4.78 is 34.4. The minimum atomic E-state index is -4.16. The Bertz CT molecular complexity index is 1410. The van der Waals surface area contributed by atoms with Crippen molar-refractivity contribution in [3.8, 4) is 5.75 Å². The van der Waals surface area contributed by atoms with Crippen molar-refractivity contribution in [2.24, 2.45) is 0 Å². The van der Waals surface area contributed by atoms with Gasteiger partial charge in [-0.25, -0.2) is 8.42 Å². The van der Waals surface area contributed by atoms with Crippen molar-refractivity contribution in [1.29, 1.82) is 0 Å². The molecule has 3 rings (SSSR count). The predicted octanol–water partition coefficient (Wildman–Crippen LogP) is 5.18. The third-order valence-corrected chi connectivity index (χ3v) is 8.19. The number of hydrogen-bond acceptors (Lipinski definition) is 5. The number of hydrogen-bond donors (Lipinski definition) is 1. The van der Waals surface area contributed by atoms with Crippen molar-refractivity contribution >= 4 is 39.1 Å². The van der Waals surface area contributed by atoms with E-state index in [-0.39, 0.29) is 23.4 Å². The van der Waals surface area contributed by atoms with Crippen LogP contribution in [0.25, 0.3) is 0 Å². The molecule has 0 radical (unpaired) electrons. The lowest BCUT2D eigenvalue weighted by atomic mass is 10.1. The molecule has 0 bridgehead atoms. The smallest absolute Gasteiger partial charge is 0.264 e. The number of halogens is 1. The minimum absolute atomic E-state index is 0.0105. The molecule has 0 saturated carbocycles. The van der Waals surface area contributed by atoms with Crippen LogP contribution in [0.5, 0.6) is 5.75 Å². The van der Waals surface area contributed by atoms with Crippen LogP contribution in [0.3, 0.4) is 0 Å². The standard InChI is InChI=1S/C30H36ClN3O5S/c1-6-39-27-14-16-28(17-15-27)40(37,38)34(26-12-10-22(4)11-13-26)20-29(35)33(23(5)30(36)32-21(2)3)19-24-8-7-9-25(31)18-24/h7-18,21,23H,6,19-20H2,1-5H3,(H,32,36). The molecule has 0 heterocycles. The molecule has 0 aliphatic heterocycles. The maximum absolute atomic E-state index is 13.9. The molecule has 214 valence electrons. The van der Waals surface area contributed by atoms with Crippen LogP contribution in [-0.4, -0.2) is 50.4 Å². The molecule has 0 aromatic heterocycles. The van der Waals surface area contributed by atoms with Gasteiger partial charge in [0.2, 0.25) is 11.8 Å². The molecule has 0 saturated heterocycles. The monoisotopic (exact) mass is 585 g/mol. The number of sulfonamides is 1. The zero-order valence-electron chi connectivity index (χ0n) is 23.4. The van der Waals surface area contributed by atoms with Gasteiger partial charge in [0.05, 0.1) is 17.2 Å². The molecule has 10 heteroatoms. The third kappa shape index (κ3) is 7.99. The van der Waals surface area contributed by atoms with Gasteiger partial charge in [-0.1, -0.05) is 41.4 Å². The van der Waals surface area contributed by atoms with Gasteiger partial charge in [-0.15, -0.1) is 0 Å². The second-order valence-electron chi connectivity index (χ2n) is 9.74. The molecule has 1 atom stereocenters. The summed E-state index contributed by atoms with van der Waals surface area (Å²) in [6.07, 6.45) is 0. The van der Waals surface area contributed by atoms with Crippen molar-refractivity contribution in [2.75, 3.05) is 17.5 Å². The van der Waals surface area contributed by atoms with Crippen LogP contribution in [0, 0.1) is 6.92 Å². The van der Waals surface area contributed by atoms with Crippen LogP contribution >= 0.6 is 11.6 Å². The van der Waals surface area contributed by atoms with Gasteiger partial charge in [0.15, 0.2) is 0 Å². The van der Waals surface area contributed by atoms with Crippen molar-refractivity contribution in [3.63, 3.8) is 0 Å². The maximum Gasteiger partial charge on any atom is 0.264 e. The molecule has 3 aromatic rings. The first-order valence-corrected chi connectivity index (χ1v) is 14.9. The van der Waals surface area contributed by atoms with Crippen LogP contribution in [0.4, 0.5) is 5.69 Å². The van der Waals surface area contributed by atoms with Gasteiger partial charge in [-0.3, -0.25) is 13.9 Å². The fourth-order valence-corrected chi connectivity index (χ4v) is 5.69. The van der Waals surface area contributed by atoms with E-state index in [1.165, 1.54) is 17.0 Å². The number of rotatable bonds is 12. The molecule has 3 aromatic carbocycles. The summed E-state index contributed by atoms with van der Waals surface area (Å²) in [5.41, 5.74) is 1.98. The van der Waals surface area contributed by atoms with Gasteiger partial charge in [0.25, 0.3) is 10.0 Å². The first kappa shape index (κ1) is 31.0. The number of carbonyl (C=O) groups excluding carboxylic acids is 2. The van der Waals surface area contributed by atoms with Crippen molar-refractivity contribution < 1.29 is 22.7 Å². The average molecular weight is 586 g/mol. The Labute approximate surface area is 241 Å². The lowest BCUT2D eigenvalue weighted by Gasteiger charge is -2.32. The number of carbonyl (C=O) groups is 2. The lowest BCUT2D eigenvalue weighted by molar-refractivity contribution is -0.139. The zero-order chi connectivity index (χ0) is 29.4. The Morgan fingerprint density at radius 3 is 2.20 bits per heavy atom. The summed E-state index contributed by atoms with van der Waals surface area (Å²) in [7, 11) is -4.16. The van der Waals surface area contributed by atoms with Gasteiger partial charge in [-0.05, 0) is 88.7 Å². The summed E-state index contributed by atoms with van der Waals surface area (Å²) in [6.45, 7) is 9.01. The maximum atomic E-state index is 13.9. The van der Waals surface area contributed by atoms with E-state index in [2.05, 4.69) is 5.32 Å².